The van der Waals surface area contributed by atoms with E-state index >= 15 is 0 Å². The minimum atomic E-state index is -0.0220. The molecule has 0 saturated carbocycles. The molecule has 0 amide bonds. The topological polar surface area (TPSA) is 52.0 Å². The summed E-state index contributed by atoms with van der Waals surface area (Å²) in [5.74, 6) is 0. The van der Waals surface area contributed by atoms with Gasteiger partial charge in [0.25, 0.3) is 0 Å². The van der Waals surface area contributed by atoms with Crippen LogP contribution in [0.2, 0.25) is 0 Å². The first-order chi connectivity index (χ1) is 6.33. The number of azide groups is 1. The number of anilines is 1. The van der Waals surface area contributed by atoms with Crippen molar-refractivity contribution in [1.82, 2.24) is 0 Å². The van der Waals surface area contributed by atoms with Gasteiger partial charge in [0.05, 0.1) is 6.04 Å². The van der Waals surface area contributed by atoms with E-state index in [0.717, 1.165) is 12.1 Å². The Kier molecular flexibility index (Phi) is 1.83. The third kappa shape index (κ3) is 1.21. The van der Waals surface area contributed by atoms with Gasteiger partial charge in [0.1, 0.15) is 0 Å². The molecule has 1 aliphatic heterocycles. The Balaban J connectivity index is 2.46. The van der Waals surface area contributed by atoms with Crippen molar-refractivity contribution in [2.45, 2.75) is 6.04 Å². The monoisotopic (exact) mass is 174 g/mol. The Morgan fingerprint density at radius 2 is 2.31 bits per heavy atom. The van der Waals surface area contributed by atoms with Crippen molar-refractivity contribution in [2.75, 3.05) is 18.5 Å². The number of rotatable bonds is 1. The van der Waals surface area contributed by atoms with Crippen molar-refractivity contribution in [2.24, 2.45) is 5.11 Å². The van der Waals surface area contributed by atoms with E-state index in [-0.39, 0.29) is 6.04 Å². The van der Waals surface area contributed by atoms with Crippen LogP contribution in [0.4, 0.5) is 5.69 Å². The summed E-state index contributed by atoms with van der Waals surface area (Å²) in [4.78, 5) is 4.96. The van der Waals surface area contributed by atoms with Gasteiger partial charge in [-0.2, -0.15) is 0 Å². The van der Waals surface area contributed by atoms with Gasteiger partial charge in [-0.1, -0.05) is 23.3 Å². The smallest absolute Gasteiger partial charge is 0.0820 e. The predicted molar refractivity (Wildman–Crippen MR) is 51.6 cm³/mol. The Bertz CT molecular complexity index is 368. The average Bonchev–Trinajstić information content (AvgIpc) is 2.46. The molecule has 1 aromatic carbocycles. The second-order valence-corrected chi connectivity index (χ2v) is 3.16. The van der Waals surface area contributed by atoms with Crippen LogP contribution in [0.15, 0.2) is 29.4 Å². The van der Waals surface area contributed by atoms with Crippen molar-refractivity contribution in [3.8, 4) is 0 Å². The van der Waals surface area contributed by atoms with E-state index in [0.29, 0.717) is 0 Å². The zero-order valence-electron chi connectivity index (χ0n) is 7.38. The molecule has 0 fully saturated rings. The first-order valence-corrected chi connectivity index (χ1v) is 4.17. The summed E-state index contributed by atoms with van der Waals surface area (Å²) in [6.45, 7) is 0.781. The number of likely N-dealkylation sites (N-methyl/N-ethyl adjacent to an activating group) is 1. The summed E-state index contributed by atoms with van der Waals surface area (Å²) < 4.78 is 0. The highest BCUT2D eigenvalue weighted by atomic mass is 15.2. The molecule has 66 valence electrons. The molecule has 1 unspecified atom stereocenters. The molecular weight excluding hydrogens is 164 g/mol. The molecule has 0 radical (unpaired) electrons. The zero-order chi connectivity index (χ0) is 9.26. The second kappa shape index (κ2) is 2.99. The standard InChI is InChI=1S/C9H10N4/c1-13-6-8(11-12-10)7-4-2-3-5-9(7)13/h2-5,8H,6H2,1H3. The van der Waals surface area contributed by atoms with E-state index in [1.165, 1.54) is 5.69 Å². The van der Waals surface area contributed by atoms with Crippen LogP contribution in [0.5, 0.6) is 0 Å². The van der Waals surface area contributed by atoms with Crippen LogP contribution in [0.1, 0.15) is 11.6 Å². The van der Waals surface area contributed by atoms with E-state index in [9.17, 15) is 0 Å². The minimum Gasteiger partial charge on any atom is -0.374 e. The highest BCUT2D eigenvalue weighted by Gasteiger charge is 2.24. The molecule has 4 heteroatoms. The fourth-order valence-electron chi connectivity index (χ4n) is 1.73. The van der Waals surface area contributed by atoms with Crippen LogP contribution >= 0.6 is 0 Å². The number of hydrogen-bond acceptors (Lipinski definition) is 2. The fourth-order valence-corrected chi connectivity index (χ4v) is 1.73. The third-order valence-electron chi connectivity index (χ3n) is 2.34. The number of fused-ring (bicyclic) bond motifs is 1. The van der Waals surface area contributed by atoms with E-state index in [1.54, 1.807) is 0 Å². The summed E-state index contributed by atoms with van der Waals surface area (Å²) in [5.41, 5.74) is 10.7. The maximum Gasteiger partial charge on any atom is 0.0820 e. The minimum absolute atomic E-state index is 0.0220. The quantitative estimate of drug-likeness (QED) is 0.366. The van der Waals surface area contributed by atoms with Crippen molar-refractivity contribution in [3.05, 3.63) is 40.3 Å². The lowest BCUT2D eigenvalue weighted by molar-refractivity contribution is 0.753. The molecule has 0 bridgehead atoms. The highest BCUT2D eigenvalue weighted by Crippen LogP contribution is 2.35. The van der Waals surface area contributed by atoms with Gasteiger partial charge < -0.3 is 4.90 Å². The van der Waals surface area contributed by atoms with Gasteiger partial charge >= 0.3 is 0 Å². The van der Waals surface area contributed by atoms with Gasteiger partial charge in [0.2, 0.25) is 0 Å². The Morgan fingerprint density at radius 3 is 3.08 bits per heavy atom. The fraction of sp³-hybridized carbons (Fsp3) is 0.333. The van der Waals surface area contributed by atoms with Crippen molar-refractivity contribution >= 4 is 5.69 Å². The first-order valence-electron chi connectivity index (χ1n) is 4.17. The Morgan fingerprint density at radius 1 is 1.54 bits per heavy atom. The summed E-state index contributed by atoms with van der Waals surface area (Å²) >= 11 is 0. The highest BCUT2D eigenvalue weighted by molar-refractivity contribution is 5.59. The number of hydrogen-bond donors (Lipinski definition) is 0. The van der Waals surface area contributed by atoms with Crippen LogP contribution in [0, 0.1) is 0 Å². The summed E-state index contributed by atoms with van der Waals surface area (Å²) in [5, 5.41) is 3.75. The molecule has 2 rings (SSSR count). The van der Waals surface area contributed by atoms with Crippen LogP contribution in [0.25, 0.3) is 10.4 Å². The van der Waals surface area contributed by atoms with Crippen molar-refractivity contribution in [3.63, 3.8) is 0 Å². The molecule has 1 aliphatic rings. The molecule has 13 heavy (non-hydrogen) atoms. The van der Waals surface area contributed by atoms with Gasteiger partial charge in [-0.3, -0.25) is 0 Å². The number of nitrogens with zero attached hydrogens (tertiary/aromatic N) is 4. The number of benzene rings is 1. The normalized spacial score (nSPS) is 19.5. The van der Waals surface area contributed by atoms with Gasteiger partial charge in [-0.05, 0) is 17.2 Å². The van der Waals surface area contributed by atoms with Crippen LogP contribution in [-0.4, -0.2) is 13.6 Å². The second-order valence-electron chi connectivity index (χ2n) is 3.16. The summed E-state index contributed by atoms with van der Waals surface area (Å²) in [7, 11) is 2.01. The van der Waals surface area contributed by atoms with E-state index in [1.807, 2.05) is 31.3 Å². The molecular formula is C9H10N4. The molecule has 0 N–H and O–H groups in total. The van der Waals surface area contributed by atoms with Crippen molar-refractivity contribution < 1.29 is 0 Å². The molecule has 1 atom stereocenters. The van der Waals surface area contributed by atoms with Crippen LogP contribution < -0.4 is 4.90 Å². The molecule has 0 aromatic heterocycles. The Labute approximate surface area is 76.4 Å². The zero-order valence-corrected chi connectivity index (χ0v) is 7.38. The molecule has 1 heterocycles. The predicted octanol–water partition coefficient (Wildman–Crippen LogP) is 2.49. The molecule has 0 aliphatic carbocycles. The van der Waals surface area contributed by atoms with Crippen LogP contribution in [0.3, 0.4) is 0 Å². The maximum atomic E-state index is 8.38. The van der Waals surface area contributed by atoms with Crippen molar-refractivity contribution in [1.29, 1.82) is 0 Å². The SMILES string of the molecule is CN1CC(N=[N+]=[N-])c2ccccc21. The maximum absolute atomic E-state index is 8.38. The number of para-hydroxylation sites is 1. The lowest BCUT2D eigenvalue weighted by Crippen LogP contribution is -2.14. The van der Waals surface area contributed by atoms with Gasteiger partial charge in [-0.15, -0.1) is 0 Å². The summed E-state index contributed by atoms with van der Waals surface area (Å²) in [6, 6.07) is 8.00. The van der Waals surface area contributed by atoms with E-state index in [4.69, 9.17) is 5.53 Å². The van der Waals surface area contributed by atoms with Gasteiger partial charge in [-0.25, -0.2) is 0 Å². The largest absolute Gasteiger partial charge is 0.374 e. The molecule has 0 saturated heterocycles. The van der Waals surface area contributed by atoms with Crippen LogP contribution in [-0.2, 0) is 0 Å². The molecule has 1 aromatic rings. The first kappa shape index (κ1) is 7.95. The lowest BCUT2D eigenvalue weighted by atomic mass is 10.1. The third-order valence-corrected chi connectivity index (χ3v) is 2.34. The summed E-state index contributed by atoms with van der Waals surface area (Å²) in [6.07, 6.45) is 0. The Hall–Kier alpha value is -1.67. The van der Waals surface area contributed by atoms with E-state index in [2.05, 4.69) is 14.9 Å². The van der Waals surface area contributed by atoms with Gasteiger partial charge in [0.15, 0.2) is 0 Å². The average molecular weight is 174 g/mol. The lowest BCUT2D eigenvalue weighted by Gasteiger charge is -2.10. The molecule has 4 nitrogen and oxygen atoms in total. The van der Waals surface area contributed by atoms with Gasteiger partial charge in [0, 0.05) is 24.2 Å². The molecule has 0 spiro atoms. The van der Waals surface area contributed by atoms with E-state index < -0.39 is 0 Å².